The maximum Gasteiger partial charge on any atom is 0.228 e. The van der Waals surface area contributed by atoms with Gasteiger partial charge in [0, 0.05) is 35.1 Å². The summed E-state index contributed by atoms with van der Waals surface area (Å²) in [5.74, 6) is 0.142. The van der Waals surface area contributed by atoms with Crippen LogP contribution in [0.2, 0.25) is 10.0 Å². The number of carbonyl (C=O) groups is 1. The van der Waals surface area contributed by atoms with Gasteiger partial charge in [-0.15, -0.1) is 11.3 Å². The molecule has 0 saturated carbocycles. The first kappa shape index (κ1) is 17.7. The number of aromatic nitrogens is 1. The summed E-state index contributed by atoms with van der Waals surface area (Å²) in [6.45, 7) is 1.62. The minimum absolute atomic E-state index is 0.142. The number of nitrogens with zero attached hydrogens (tertiary/aromatic N) is 2. The lowest BCUT2D eigenvalue weighted by molar-refractivity contribution is -0.131. The highest BCUT2D eigenvalue weighted by molar-refractivity contribution is 7.13. The van der Waals surface area contributed by atoms with Crippen LogP contribution < -0.4 is 5.32 Å². The molecule has 24 heavy (non-hydrogen) atoms. The van der Waals surface area contributed by atoms with E-state index in [9.17, 15) is 4.79 Å². The number of piperidine rings is 1. The van der Waals surface area contributed by atoms with Gasteiger partial charge in [0.05, 0.1) is 17.1 Å². The molecule has 1 aliphatic rings. The Labute approximate surface area is 155 Å². The summed E-state index contributed by atoms with van der Waals surface area (Å²) in [6, 6.07) is 5.88. The Bertz CT molecular complexity index is 726. The van der Waals surface area contributed by atoms with Crippen LogP contribution in [0.1, 0.15) is 18.5 Å². The standard InChI is InChI=1S/C17H19Cl2N3OS/c1-20-12-4-6-22(7-5-12)16(23)9-13-10-24-17(21-13)14-3-2-11(18)8-15(14)19/h2-3,8,10,12,20H,4-7,9H2,1H3. The molecule has 2 aromatic rings. The Morgan fingerprint density at radius 3 is 2.79 bits per heavy atom. The molecule has 1 amide bonds. The van der Waals surface area contributed by atoms with E-state index >= 15 is 0 Å². The van der Waals surface area contributed by atoms with E-state index in [1.807, 2.05) is 23.4 Å². The molecule has 1 aliphatic heterocycles. The average molecular weight is 384 g/mol. The Hall–Kier alpha value is -1.14. The monoisotopic (exact) mass is 383 g/mol. The zero-order valence-corrected chi connectivity index (χ0v) is 15.7. The molecular weight excluding hydrogens is 365 g/mol. The quantitative estimate of drug-likeness (QED) is 0.871. The molecule has 1 fully saturated rings. The molecule has 0 radical (unpaired) electrons. The molecule has 4 nitrogen and oxygen atoms in total. The second-order valence-corrected chi connectivity index (χ2v) is 7.59. The van der Waals surface area contributed by atoms with Crippen LogP contribution in [0.5, 0.6) is 0 Å². The van der Waals surface area contributed by atoms with E-state index in [2.05, 4.69) is 10.3 Å². The van der Waals surface area contributed by atoms with Crippen molar-refractivity contribution in [3.8, 4) is 10.6 Å². The smallest absolute Gasteiger partial charge is 0.228 e. The van der Waals surface area contributed by atoms with Gasteiger partial charge in [-0.05, 0) is 38.1 Å². The molecule has 1 N–H and O–H groups in total. The molecule has 0 spiro atoms. The molecule has 7 heteroatoms. The number of amides is 1. The number of hydrogen-bond donors (Lipinski definition) is 1. The third-order valence-electron chi connectivity index (χ3n) is 4.30. The van der Waals surface area contributed by atoms with Gasteiger partial charge in [-0.25, -0.2) is 4.98 Å². The SMILES string of the molecule is CNC1CCN(C(=O)Cc2csc(-c3ccc(Cl)cc3Cl)n2)CC1. The van der Waals surface area contributed by atoms with Crippen LogP contribution in [0.3, 0.4) is 0 Å². The van der Waals surface area contributed by atoms with Gasteiger partial charge in [-0.2, -0.15) is 0 Å². The maximum absolute atomic E-state index is 12.4. The van der Waals surface area contributed by atoms with Crippen LogP contribution in [-0.2, 0) is 11.2 Å². The van der Waals surface area contributed by atoms with Crippen LogP contribution in [0, 0.1) is 0 Å². The molecule has 3 rings (SSSR count). The van der Waals surface area contributed by atoms with Gasteiger partial charge in [-0.1, -0.05) is 23.2 Å². The third-order valence-corrected chi connectivity index (χ3v) is 5.77. The topological polar surface area (TPSA) is 45.2 Å². The summed E-state index contributed by atoms with van der Waals surface area (Å²) >= 11 is 13.7. The second-order valence-electron chi connectivity index (χ2n) is 5.89. The molecular formula is C17H19Cl2N3OS. The van der Waals surface area contributed by atoms with Crippen molar-refractivity contribution < 1.29 is 4.79 Å². The summed E-state index contributed by atoms with van der Waals surface area (Å²) in [7, 11) is 1.97. The van der Waals surface area contributed by atoms with Crippen molar-refractivity contribution in [1.29, 1.82) is 0 Å². The molecule has 128 valence electrons. The normalized spacial score (nSPS) is 15.7. The molecule has 0 bridgehead atoms. The number of nitrogens with one attached hydrogen (secondary N) is 1. The minimum Gasteiger partial charge on any atom is -0.342 e. The number of carbonyl (C=O) groups excluding carboxylic acids is 1. The molecule has 1 aromatic carbocycles. The zero-order chi connectivity index (χ0) is 17.1. The number of thiazole rings is 1. The number of hydrogen-bond acceptors (Lipinski definition) is 4. The van der Waals surface area contributed by atoms with Gasteiger partial charge < -0.3 is 10.2 Å². The molecule has 0 atom stereocenters. The van der Waals surface area contributed by atoms with E-state index in [4.69, 9.17) is 23.2 Å². The van der Waals surface area contributed by atoms with Crippen LogP contribution in [0.4, 0.5) is 0 Å². The van der Waals surface area contributed by atoms with Crippen LogP contribution >= 0.6 is 34.5 Å². The van der Waals surface area contributed by atoms with Crippen molar-refractivity contribution in [3.05, 3.63) is 39.3 Å². The Balaban J connectivity index is 1.65. The van der Waals surface area contributed by atoms with E-state index < -0.39 is 0 Å². The van der Waals surface area contributed by atoms with Crippen molar-refractivity contribution >= 4 is 40.4 Å². The van der Waals surface area contributed by atoms with Crippen molar-refractivity contribution in [2.24, 2.45) is 0 Å². The molecule has 1 aromatic heterocycles. The number of rotatable bonds is 4. The van der Waals surface area contributed by atoms with Crippen molar-refractivity contribution in [1.82, 2.24) is 15.2 Å². The third kappa shape index (κ3) is 4.09. The molecule has 1 saturated heterocycles. The Morgan fingerprint density at radius 2 is 2.12 bits per heavy atom. The lowest BCUT2D eigenvalue weighted by Crippen LogP contribution is -2.44. The van der Waals surface area contributed by atoms with Gasteiger partial charge in [0.2, 0.25) is 5.91 Å². The Morgan fingerprint density at radius 1 is 1.38 bits per heavy atom. The maximum atomic E-state index is 12.4. The number of halogens is 2. The first-order valence-corrected chi connectivity index (χ1v) is 9.55. The fraction of sp³-hybridized carbons (Fsp3) is 0.412. The van der Waals surface area contributed by atoms with Crippen molar-refractivity contribution in [2.45, 2.75) is 25.3 Å². The predicted molar refractivity (Wildman–Crippen MR) is 99.9 cm³/mol. The highest BCUT2D eigenvalue weighted by atomic mass is 35.5. The van der Waals surface area contributed by atoms with E-state index in [0.717, 1.165) is 42.2 Å². The summed E-state index contributed by atoms with van der Waals surface area (Å²) in [5, 5.41) is 7.19. The van der Waals surface area contributed by atoms with Crippen LogP contribution in [0.15, 0.2) is 23.6 Å². The van der Waals surface area contributed by atoms with Gasteiger partial charge in [0.25, 0.3) is 0 Å². The largest absolute Gasteiger partial charge is 0.342 e. The summed E-state index contributed by atoms with van der Waals surface area (Å²) < 4.78 is 0. The molecule has 0 unspecified atom stereocenters. The molecule has 0 aliphatic carbocycles. The highest BCUT2D eigenvalue weighted by Crippen LogP contribution is 2.32. The Kier molecular flexibility index (Phi) is 5.76. The lowest BCUT2D eigenvalue weighted by Gasteiger charge is -2.31. The minimum atomic E-state index is 0.142. The first-order chi connectivity index (χ1) is 11.6. The van der Waals surface area contributed by atoms with E-state index in [-0.39, 0.29) is 5.91 Å². The van der Waals surface area contributed by atoms with Crippen LogP contribution in [0.25, 0.3) is 10.6 Å². The van der Waals surface area contributed by atoms with E-state index in [1.54, 1.807) is 12.1 Å². The average Bonchev–Trinajstić information content (AvgIpc) is 3.03. The summed E-state index contributed by atoms with van der Waals surface area (Å²) in [5.41, 5.74) is 1.64. The van der Waals surface area contributed by atoms with Gasteiger partial charge in [-0.3, -0.25) is 4.79 Å². The fourth-order valence-electron chi connectivity index (χ4n) is 2.86. The van der Waals surface area contributed by atoms with Crippen LogP contribution in [-0.4, -0.2) is 42.0 Å². The lowest BCUT2D eigenvalue weighted by atomic mass is 10.0. The van der Waals surface area contributed by atoms with Gasteiger partial charge >= 0.3 is 0 Å². The van der Waals surface area contributed by atoms with E-state index in [0.29, 0.717) is 22.5 Å². The second kappa shape index (κ2) is 7.83. The zero-order valence-electron chi connectivity index (χ0n) is 13.4. The van der Waals surface area contributed by atoms with E-state index in [1.165, 1.54) is 11.3 Å². The van der Waals surface area contributed by atoms with Crippen molar-refractivity contribution in [3.63, 3.8) is 0 Å². The number of likely N-dealkylation sites (tertiary alicyclic amines) is 1. The summed E-state index contributed by atoms with van der Waals surface area (Å²) in [4.78, 5) is 18.9. The van der Waals surface area contributed by atoms with Gasteiger partial charge in [0.1, 0.15) is 5.01 Å². The van der Waals surface area contributed by atoms with Crippen molar-refractivity contribution in [2.75, 3.05) is 20.1 Å². The molecule has 2 heterocycles. The summed E-state index contributed by atoms with van der Waals surface area (Å²) in [6.07, 6.45) is 2.35. The fourth-order valence-corrected chi connectivity index (χ4v) is 4.27. The highest BCUT2D eigenvalue weighted by Gasteiger charge is 2.22. The van der Waals surface area contributed by atoms with Gasteiger partial charge in [0.15, 0.2) is 0 Å². The first-order valence-electron chi connectivity index (χ1n) is 7.91. The predicted octanol–water partition coefficient (Wildman–Crippen LogP) is 3.87. The number of benzene rings is 1.